The van der Waals surface area contributed by atoms with Crippen LogP contribution in [0.15, 0.2) is 4.99 Å². The van der Waals surface area contributed by atoms with Gasteiger partial charge in [-0.3, -0.25) is 4.99 Å². The number of aryl methyl sites for hydroxylation is 1. The first-order valence-electron chi connectivity index (χ1n) is 8.97. The van der Waals surface area contributed by atoms with Crippen molar-refractivity contribution in [1.29, 1.82) is 0 Å². The van der Waals surface area contributed by atoms with E-state index in [0.717, 1.165) is 50.1 Å². The molecule has 2 N–H and O–H groups in total. The maximum atomic E-state index is 4.80. The van der Waals surface area contributed by atoms with Gasteiger partial charge >= 0.3 is 0 Å². The summed E-state index contributed by atoms with van der Waals surface area (Å²) >= 11 is 0. The van der Waals surface area contributed by atoms with Gasteiger partial charge in [-0.15, -0.1) is 34.2 Å². The molecule has 1 saturated carbocycles. The van der Waals surface area contributed by atoms with E-state index in [0.29, 0.717) is 17.4 Å². The van der Waals surface area contributed by atoms with Crippen molar-refractivity contribution in [2.75, 3.05) is 13.1 Å². The molecule has 1 aromatic rings. The minimum atomic E-state index is 0. The van der Waals surface area contributed by atoms with Gasteiger partial charge in [0.25, 0.3) is 0 Å². The predicted octanol–water partition coefficient (Wildman–Crippen LogP) is 2.69. The summed E-state index contributed by atoms with van der Waals surface area (Å²) in [6, 6.07) is 0.390. The number of hydrogen-bond acceptors (Lipinski definition) is 3. The van der Waals surface area contributed by atoms with E-state index in [2.05, 4.69) is 53.1 Å². The molecule has 0 spiro atoms. The maximum Gasteiger partial charge on any atom is 0.191 e. The van der Waals surface area contributed by atoms with Gasteiger partial charge in [0.1, 0.15) is 11.6 Å². The number of halogens is 1. The van der Waals surface area contributed by atoms with Crippen molar-refractivity contribution in [2.24, 2.45) is 10.4 Å². The number of fused-ring (bicyclic) bond motifs is 1. The van der Waals surface area contributed by atoms with E-state index >= 15 is 0 Å². The molecule has 7 heteroatoms. The van der Waals surface area contributed by atoms with Crippen LogP contribution in [0.5, 0.6) is 0 Å². The largest absolute Gasteiger partial charge is 0.357 e. The van der Waals surface area contributed by atoms with Crippen molar-refractivity contribution in [2.45, 2.75) is 71.9 Å². The molecule has 1 aromatic heterocycles. The number of nitrogens with zero attached hydrogens (tertiary/aromatic N) is 4. The molecule has 3 rings (SSSR count). The lowest BCUT2D eigenvalue weighted by molar-refractivity contribution is 0.407. The zero-order valence-electron chi connectivity index (χ0n) is 15.3. The van der Waals surface area contributed by atoms with Gasteiger partial charge in [0, 0.05) is 38.0 Å². The van der Waals surface area contributed by atoms with Crippen LogP contribution in [-0.4, -0.2) is 39.9 Å². The van der Waals surface area contributed by atoms with Crippen LogP contribution in [0.4, 0.5) is 0 Å². The van der Waals surface area contributed by atoms with Crippen LogP contribution in [0.2, 0.25) is 0 Å². The average Bonchev–Trinajstić information content (AvgIpc) is 3.10. The van der Waals surface area contributed by atoms with Crippen LogP contribution < -0.4 is 10.6 Å². The van der Waals surface area contributed by atoms with E-state index in [-0.39, 0.29) is 24.0 Å². The molecule has 24 heavy (non-hydrogen) atoms. The predicted molar refractivity (Wildman–Crippen MR) is 108 cm³/mol. The molecule has 1 unspecified atom stereocenters. The van der Waals surface area contributed by atoms with Gasteiger partial charge in [-0.2, -0.15) is 0 Å². The Labute approximate surface area is 162 Å². The summed E-state index contributed by atoms with van der Waals surface area (Å²) in [7, 11) is 0. The van der Waals surface area contributed by atoms with Gasteiger partial charge in [-0.1, -0.05) is 20.8 Å². The Balaban J connectivity index is 0.00000208. The van der Waals surface area contributed by atoms with Crippen LogP contribution >= 0.6 is 24.0 Å². The molecular formula is C17H31IN6. The Bertz CT molecular complexity index is 576. The maximum absolute atomic E-state index is 4.80. The number of aromatic nitrogens is 3. The quantitative estimate of drug-likeness (QED) is 0.415. The number of rotatable bonds is 5. The third-order valence-corrected chi connectivity index (χ3v) is 4.90. The lowest BCUT2D eigenvalue weighted by Gasteiger charge is -2.27. The molecule has 0 amide bonds. The molecule has 0 radical (unpaired) electrons. The summed E-state index contributed by atoms with van der Waals surface area (Å²) in [5.41, 5.74) is 0.446. The lowest BCUT2D eigenvalue weighted by Crippen LogP contribution is -2.47. The van der Waals surface area contributed by atoms with Crippen LogP contribution in [0.1, 0.15) is 64.5 Å². The number of guanidine groups is 1. The number of hydrogen-bond donors (Lipinski definition) is 2. The minimum absolute atomic E-state index is 0. The van der Waals surface area contributed by atoms with Gasteiger partial charge in [-0.05, 0) is 31.6 Å². The van der Waals surface area contributed by atoms with Gasteiger partial charge in [0.15, 0.2) is 5.96 Å². The second-order valence-electron chi connectivity index (χ2n) is 7.63. The minimum Gasteiger partial charge on any atom is -0.357 e. The summed E-state index contributed by atoms with van der Waals surface area (Å²) in [5, 5.41) is 15.7. The first-order chi connectivity index (χ1) is 11.0. The molecule has 2 heterocycles. The van der Waals surface area contributed by atoms with E-state index in [9.17, 15) is 0 Å². The average molecular weight is 446 g/mol. The topological polar surface area (TPSA) is 67.1 Å². The van der Waals surface area contributed by atoms with Crippen molar-refractivity contribution in [1.82, 2.24) is 25.4 Å². The summed E-state index contributed by atoms with van der Waals surface area (Å²) in [6.07, 6.45) is 4.68. The summed E-state index contributed by atoms with van der Waals surface area (Å²) in [4.78, 5) is 4.80. The molecule has 0 saturated heterocycles. The molecule has 1 atom stereocenters. The molecule has 0 aromatic carbocycles. The Morgan fingerprint density at radius 1 is 1.38 bits per heavy atom. The lowest BCUT2D eigenvalue weighted by atomic mass is 10.1. The Morgan fingerprint density at radius 2 is 2.12 bits per heavy atom. The third kappa shape index (κ3) is 4.61. The van der Waals surface area contributed by atoms with Crippen LogP contribution in [0.25, 0.3) is 0 Å². The van der Waals surface area contributed by atoms with Crippen molar-refractivity contribution < 1.29 is 0 Å². The Kier molecular flexibility index (Phi) is 6.50. The second kappa shape index (κ2) is 8.01. The second-order valence-corrected chi connectivity index (χ2v) is 7.63. The SMILES string of the molecule is CCNC(=NCC1(C)CC1)NC1CCc2nnc(C(C)C)n2C1.I. The standard InChI is InChI=1S/C17H30N6.HI/c1-5-18-16(19-11-17(4)8-9-17)20-13-6-7-14-21-22-15(12(2)3)23(14)10-13;/h12-13H,5-11H2,1-4H3,(H2,18,19,20);1H. The number of nitrogens with one attached hydrogen (secondary N) is 2. The van der Waals surface area contributed by atoms with Crippen LogP contribution in [0.3, 0.4) is 0 Å². The summed E-state index contributed by atoms with van der Waals surface area (Å²) < 4.78 is 2.29. The molecule has 136 valence electrons. The zero-order valence-corrected chi connectivity index (χ0v) is 17.6. The molecule has 1 fully saturated rings. The zero-order chi connectivity index (χ0) is 16.4. The van der Waals surface area contributed by atoms with E-state index in [4.69, 9.17) is 4.99 Å². The van der Waals surface area contributed by atoms with E-state index in [1.54, 1.807) is 0 Å². The fraction of sp³-hybridized carbons (Fsp3) is 0.824. The van der Waals surface area contributed by atoms with E-state index < -0.39 is 0 Å². The molecule has 0 bridgehead atoms. The smallest absolute Gasteiger partial charge is 0.191 e. The van der Waals surface area contributed by atoms with Gasteiger partial charge < -0.3 is 15.2 Å². The third-order valence-electron chi connectivity index (χ3n) is 4.90. The summed E-state index contributed by atoms with van der Waals surface area (Å²) in [6.45, 7) is 11.5. The van der Waals surface area contributed by atoms with Crippen molar-refractivity contribution in [3.05, 3.63) is 11.6 Å². The molecular weight excluding hydrogens is 415 g/mol. The van der Waals surface area contributed by atoms with E-state index in [1.165, 1.54) is 12.8 Å². The fourth-order valence-electron chi connectivity index (χ4n) is 3.05. The normalized spacial score (nSPS) is 21.9. The van der Waals surface area contributed by atoms with Gasteiger partial charge in [-0.25, -0.2) is 0 Å². The van der Waals surface area contributed by atoms with Crippen molar-refractivity contribution >= 4 is 29.9 Å². The van der Waals surface area contributed by atoms with Crippen LogP contribution in [0, 0.1) is 5.41 Å². The highest BCUT2D eigenvalue weighted by molar-refractivity contribution is 14.0. The van der Waals surface area contributed by atoms with E-state index in [1.807, 2.05) is 0 Å². The fourth-order valence-corrected chi connectivity index (χ4v) is 3.05. The summed E-state index contributed by atoms with van der Waals surface area (Å²) in [5.74, 6) is 3.58. The van der Waals surface area contributed by atoms with Gasteiger partial charge in [0.2, 0.25) is 0 Å². The molecule has 1 aliphatic carbocycles. The Morgan fingerprint density at radius 3 is 2.75 bits per heavy atom. The van der Waals surface area contributed by atoms with Crippen LogP contribution in [-0.2, 0) is 13.0 Å². The Hall–Kier alpha value is -0.860. The molecule has 1 aliphatic heterocycles. The highest BCUT2D eigenvalue weighted by Crippen LogP contribution is 2.44. The highest BCUT2D eigenvalue weighted by Gasteiger charge is 2.37. The van der Waals surface area contributed by atoms with Gasteiger partial charge in [0.05, 0.1) is 0 Å². The molecule has 2 aliphatic rings. The molecule has 6 nitrogen and oxygen atoms in total. The first-order valence-corrected chi connectivity index (χ1v) is 8.97. The highest BCUT2D eigenvalue weighted by atomic mass is 127. The first kappa shape index (κ1) is 19.5. The van der Waals surface area contributed by atoms with Crippen molar-refractivity contribution in [3.63, 3.8) is 0 Å². The monoisotopic (exact) mass is 446 g/mol. The van der Waals surface area contributed by atoms with Crippen molar-refractivity contribution in [3.8, 4) is 0 Å². The number of aliphatic imine (C=N–C) groups is 1.